The molecule has 0 heteroatoms. The van der Waals surface area contributed by atoms with Crippen molar-refractivity contribution in [1.29, 1.82) is 0 Å². The van der Waals surface area contributed by atoms with Crippen molar-refractivity contribution in [3.8, 4) is 0 Å². The summed E-state index contributed by atoms with van der Waals surface area (Å²) in [5.74, 6) is 0. The van der Waals surface area contributed by atoms with Crippen molar-refractivity contribution in [3.63, 3.8) is 0 Å². The van der Waals surface area contributed by atoms with E-state index in [0.717, 1.165) is 0 Å². The fourth-order valence-electron chi connectivity index (χ4n) is 6.01. The second-order valence-corrected chi connectivity index (χ2v) is 13.9. The van der Waals surface area contributed by atoms with Gasteiger partial charge in [-0.25, -0.2) is 0 Å². The van der Waals surface area contributed by atoms with Gasteiger partial charge in [0.2, 0.25) is 0 Å². The summed E-state index contributed by atoms with van der Waals surface area (Å²) >= 11 is 0. The number of allylic oxidation sites excluding steroid dienone is 20. The highest BCUT2D eigenvalue weighted by atomic mass is 14.5. The van der Waals surface area contributed by atoms with Crippen LogP contribution in [0.15, 0.2) is 119 Å². The molecule has 0 aromatic heterocycles. The van der Waals surface area contributed by atoms with Gasteiger partial charge in [0.15, 0.2) is 0 Å². The fourth-order valence-corrected chi connectivity index (χ4v) is 6.01. The molecule has 0 saturated heterocycles. The monoisotopic (exact) mass is 538 g/mol. The van der Waals surface area contributed by atoms with Crippen molar-refractivity contribution in [1.82, 2.24) is 0 Å². The zero-order valence-electron chi connectivity index (χ0n) is 27.5. The molecule has 2 aliphatic rings. The third-order valence-corrected chi connectivity index (χ3v) is 9.43. The molecule has 0 spiro atoms. The first-order valence-corrected chi connectivity index (χ1v) is 15.5. The molecule has 0 bridgehead atoms. The van der Waals surface area contributed by atoms with Crippen molar-refractivity contribution in [3.05, 3.63) is 119 Å². The number of rotatable bonds is 11. The van der Waals surface area contributed by atoms with E-state index in [-0.39, 0.29) is 0 Å². The maximum Gasteiger partial charge on any atom is -0.0104 e. The molecule has 218 valence electrons. The highest BCUT2D eigenvalue weighted by Crippen LogP contribution is 2.54. The van der Waals surface area contributed by atoms with E-state index in [2.05, 4.69) is 154 Å². The molecule has 0 aromatic rings. The van der Waals surface area contributed by atoms with Gasteiger partial charge in [-0.1, -0.05) is 154 Å². The third-order valence-electron chi connectivity index (χ3n) is 9.43. The van der Waals surface area contributed by atoms with Crippen LogP contribution in [0.2, 0.25) is 0 Å². The first-order chi connectivity index (χ1) is 18.8. The maximum atomic E-state index is 2.46. The van der Waals surface area contributed by atoms with Crippen LogP contribution < -0.4 is 0 Å². The predicted octanol–water partition coefficient (Wildman–Crippen LogP) is 12.7. The highest BCUT2D eigenvalue weighted by molar-refractivity contribution is 5.37. The molecule has 0 unspecified atom stereocenters. The van der Waals surface area contributed by atoms with Crippen molar-refractivity contribution >= 4 is 0 Å². The summed E-state index contributed by atoms with van der Waals surface area (Å²) < 4.78 is 0. The summed E-state index contributed by atoms with van der Waals surface area (Å²) in [5, 5.41) is 0. The van der Waals surface area contributed by atoms with Gasteiger partial charge in [-0.3, -0.25) is 0 Å². The lowest BCUT2D eigenvalue weighted by Crippen LogP contribution is -2.28. The van der Waals surface area contributed by atoms with E-state index in [4.69, 9.17) is 0 Å². The minimum Gasteiger partial charge on any atom is -0.0837 e. The Morgan fingerprint density at radius 3 is 1.68 bits per heavy atom. The lowest BCUT2D eigenvalue weighted by Gasteiger charge is -2.37. The smallest absolute Gasteiger partial charge is 0.0104 e. The zero-order chi connectivity index (χ0) is 29.8. The Balaban J connectivity index is 1.83. The lowest BCUT2D eigenvalue weighted by atomic mass is 9.67. The van der Waals surface area contributed by atoms with Gasteiger partial charge < -0.3 is 0 Å². The van der Waals surface area contributed by atoms with E-state index in [0.29, 0.717) is 16.2 Å². The molecule has 2 aliphatic carbocycles. The average Bonchev–Trinajstić information content (AvgIpc) is 3.12. The normalized spacial score (nSPS) is 25.2. The number of hydrogen-bond donors (Lipinski definition) is 0. The molecule has 0 aromatic carbocycles. The van der Waals surface area contributed by atoms with Gasteiger partial charge in [-0.2, -0.15) is 0 Å². The second-order valence-electron chi connectivity index (χ2n) is 13.9. The van der Waals surface area contributed by atoms with E-state index in [1.54, 1.807) is 5.57 Å². The van der Waals surface area contributed by atoms with Gasteiger partial charge in [0.25, 0.3) is 0 Å². The van der Waals surface area contributed by atoms with Crippen LogP contribution in [0.1, 0.15) is 114 Å². The Kier molecular flexibility index (Phi) is 12.9. The Labute approximate surface area is 248 Å². The summed E-state index contributed by atoms with van der Waals surface area (Å²) in [6.45, 7) is 23.0. The molecule has 0 amide bonds. The zero-order valence-corrected chi connectivity index (χ0v) is 27.5. The molecule has 1 atom stereocenters. The molecule has 0 nitrogen and oxygen atoms in total. The first-order valence-electron chi connectivity index (χ1n) is 15.5. The van der Waals surface area contributed by atoms with E-state index in [1.165, 1.54) is 72.8 Å². The second kappa shape index (κ2) is 15.4. The largest absolute Gasteiger partial charge is 0.0837 e. The van der Waals surface area contributed by atoms with Gasteiger partial charge in [0.1, 0.15) is 0 Å². The van der Waals surface area contributed by atoms with Crippen LogP contribution in [0.3, 0.4) is 0 Å². The molecule has 0 aliphatic heterocycles. The van der Waals surface area contributed by atoms with Crippen molar-refractivity contribution in [2.24, 2.45) is 16.2 Å². The Bertz CT molecular complexity index is 1160. The van der Waals surface area contributed by atoms with E-state index >= 15 is 0 Å². The Morgan fingerprint density at radius 1 is 0.625 bits per heavy atom. The molecule has 1 fully saturated rings. The van der Waals surface area contributed by atoms with Gasteiger partial charge in [0.05, 0.1) is 0 Å². The summed E-state index contributed by atoms with van der Waals surface area (Å²) in [7, 11) is 0. The van der Waals surface area contributed by atoms with Crippen LogP contribution in [-0.2, 0) is 0 Å². The van der Waals surface area contributed by atoms with Crippen LogP contribution in [0.5, 0.6) is 0 Å². The highest BCUT2D eigenvalue weighted by Gasteiger charge is 2.43. The Morgan fingerprint density at radius 2 is 1.15 bits per heavy atom. The topological polar surface area (TPSA) is 0 Å². The van der Waals surface area contributed by atoms with Crippen LogP contribution in [0.4, 0.5) is 0 Å². The van der Waals surface area contributed by atoms with Crippen LogP contribution >= 0.6 is 0 Å². The van der Waals surface area contributed by atoms with Crippen molar-refractivity contribution in [2.75, 3.05) is 0 Å². The maximum absolute atomic E-state index is 2.46. The molecule has 0 N–H and O–H groups in total. The quantitative estimate of drug-likeness (QED) is 0.229. The first kappa shape index (κ1) is 33.6. The summed E-state index contributed by atoms with van der Waals surface area (Å²) in [4.78, 5) is 0. The molecule has 0 radical (unpaired) electrons. The molecular formula is C40H58. The van der Waals surface area contributed by atoms with E-state index < -0.39 is 0 Å². The summed E-state index contributed by atoms with van der Waals surface area (Å²) in [6, 6.07) is 0. The van der Waals surface area contributed by atoms with Crippen LogP contribution in [0, 0.1) is 16.2 Å². The number of hydrogen-bond acceptors (Lipinski definition) is 0. The van der Waals surface area contributed by atoms with Crippen LogP contribution in [0.25, 0.3) is 0 Å². The third kappa shape index (κ3) is 10.8. The van der Waals surface area contributed by atoms with Crippen molar-refractivity contribution < 1.29 is 0 Å². The van der Waals surface area contributed by atoms with E-state index in [1.807, 2.05) is 0 Å². The Hall–Kier alpha value is -2.60. The van der Waals surface area contributed by atoms with Crippen LogP contribution in [-0.4, -0.2) is 0 Å². The average molecular weight is 539 g/mol. The SMILES string of the molecule is CC1=C(/C=C/C(C)=C/C=C/C(C)=C/C=C/C=C(C)/C=C/C=C(C)/C=C/C[C@]2(C)CCCC2(C)C)C(C)(C)CCC1. The van der Waals surface area contributed by atoms with E-state index in [9.17, 15) is 0 Å². The molecule has 0 heterocycles. The van der Waals surface area contributed by atoms with Gasteiger partial charge in [0, 0.05) is 0 Å². The molecule has 2 rings (SSSR count). The van der Waals surface area contributed by atoms with Gasteiger partial charge in [-0.05, 0) is 95.0 Å². The molecule has 1 saturated carbocycles. The predicted molar refractivity (Wildman–Crippen MR) is 181 cm³/mol. The molecular weight excluding hydrogens is 480 g/mol. The van der Waals surface area contributed by atoms with Crippen molar-refractivity contribution in [2.45, 2.75) is 114 Å². The minimum atomic E-state index is 0.293. The standard InChI is InChI=1S/C40H58/c1-32(20-13-22-34(3)24-15-30-40(10)31-17-29-39(40,8)9)18-11-12-19-33(2)21-14-23-35(4)26-27-37-36(5)25-16-28-38(37,6)7/h11-15,18-24,26-27H,16-17,25,28-31H2,1-10H3/b12-11+,20-13+,21-14+,24-15+,27-26+,32-18+,33-19+,34-22+,35-23+/t40-/m1/s1. The molecule has 40 heavy (non-hydrogen) atoms. The summed E-state index contributed by atoms with van der Waals surface area (Å²) in [5.41, 5.74) is 9.30. The van der Waals surface area contributed by atoms with Gasteiger partial charge in [-0.15, -0.1) is 0 Å². The summed E-state index contributed by atoms with van der Waals surface area (Å²) in [6.07, 6.45) is 39.9. The fraction of sp³-hybridized carbons (Fsp3) is 0.500. The lowest BCUT2D eigenvalue weighted by molar-refractivity contribution is 0.135. The van der Waals surface area contributed by atoms with Gasteiger partial charge >= 0.3 is 0 Å². The minimum absolute atomic E-state index is 0.293.